The van der Waals surface area contributed by atoms with Crippen LogP contribution in [0.3, 0.4) is 0 Å². The van der Waals surface area contributed by atoms with Gasteiger partial charge in [-0.15, -0.1) is 0 Å². The number of nitrogens with zero attached hydrogens (tertiary/aromatic N) is 3. The molecule has 2 N–H and O–H groups in total. The predicted molar refractivity (Wildman–Crippen MR) is 87.7 cm³/mol. The number of aromatic nitrogens is 2. The molecule has 124 valence electrons. The van der Waals surface area contributed by atoms with E-state index in [-0.39, 0.29) is 12.0 Å². The summed E-state index contributed by atoms with van der Waals surface area (Å²) in [6.45, 7) is 1.75. The molecule has 1 aromatic carbocycles. The minimum Gasteiger partial charge on any atom is -0.360 e. The molecule has 0 bridgehead atoms. The van der Waals surface area contributed by atoms with E-state index in [4.69, 9.17) is 10.00 Å². The number of hydrazine groups is 1. The molecule has 1 saturated heterocycles. The Morgan fingerprint density at radius 1 is 1.38 bits per heavy atom. The predicted octanol–water partition coefficient (Wildman–Crippen LogP) is 1.96. The average Bonchev–Trinajstić information content (AvgIpc) is 3.18. The fourth-order valence-corrected chi connectivity index (χ4v) is 2.88. The van der Waals surface area contributed by atoms with E-state index in [0.717, 1.165) is 12.0 Å². The summed E-state index contributed by atoms with van der Waals surface area (Å²) in [5.41, 5.74) is 7.50. The Bertz CT molecular complexity index is 778. The second kappa shape index (κ2) is 6.72. The number of rotatable bonds is 4. The van der Waals surface area contributed by atoms with Crippen molar-refractivity contribution in [3.8, 4) is 6.07 Å². The minimum atomic E-state index is -0.512. The molecule has 0 saturated carbocycles. The smallest absolute Gasteiger partial charge is 0.267 e. The first-order chi connectivity index (χ1) is 11.6. The van der Waals surface area contributed by atoms with E-state index in [1.54, 1.807) is 14.0 Å². The van der Waals surface area contributed by atoms with Gasteiger partial charge >= 0.3 is 0 Å². The summed E-state index contributed by atoms with van der Waals surface area (Å²) in [5, 5.41) is 13.3. The topological polar surface area (TPSA) is 92.0 Å². The summed E-state index contributed by atoms with van der Waals surface area (Å²) >= 11 is 0. The van der Waals surface area contributed by atoms with E-state index in [9.17, 15) is 4.79 Å². The zero-order chi connectivity index (χ0) is 17.1. The molecule has 1 aliphatic rings. The van der Waals surface area contributed by atoms with Crippen molar-refractivity contribution in [3.63, 3.8) is 0 Å². The number of nitriles is 1. The number of nitrogens with one attached hydrogen (secondary N) is 2. The number of carbonyl (C=O) groups excluding carboxylic acids is 1. The van der Waals surface area contributed by atoms with Crippen LogP contribution in [0.4, 0.5) is 5.82 Å². The van der Waals surface area contributed by atoms with E-state index in [0.29, 0.717) is 23.5 Å². The van der Waals surface area contributed by atoms with Crippen molar-refractivity contribution in [3.05, 3.63) is 47.2 Å². The normalized spacial score (nSPS) is 19.7. The van der Waals surface area contributed by atoms with Gasteiger partial charge in [-0.2, -0.15) is 10.4 Å². The van der Waals surface area contributed by atoms with E-state index in [1.807, 2.05) is 30.3 Å². The van der Waals surface area contributed by atoms with Crippen molar-refractivity contribution in [2.75, 3.05) is 5.43 Å². The number of benzene rings is 1. The van der Waals surface area contributed by atoms with Crippen LogP contribution < -0.4 is 10.9 Å². The Morgan fingerprint density at radius 2 is 2.12 bits per heavy atom. The minimum absolute atomic E-state index is 0.0597. The van der Waals surface area contributed by atoms with Gasteiger partial charge < -0.3 is 4.74 Å². The summed E-state index contributed by atoms with van der Waals surface area (Å²) in [6, 6.07) is 12.0. The van der Waals surface area contributed by atoms with Crippen LogP contribution in [-0.4, -0.2) is 21.8 Å². The van der Waals surface area contributed by atoms with Gasteiger partial charge in [0.25, 0.3) is 5.91 Å². The molecule has 1 fully saturated rings. The van der Waals surface area contributed by atoms with Gasteiger partial charge in [0.2, 0.25) is 0 Å². The highest BCUT2D eigenvalue weighted by molar-refractivity contribution is 5.82. The van der Waals surface area contributed by atoms with Crippen LogP contribution in [0.1, 0.15) is 35.8 Å². The molecular formula is C17H19N5O2. The zero-order valence-electron chi connectivity index (χ0n) is 13.6. The molecule has 0 unspecified atom stereocenters. The van der Waals surface area contributed by atoms with Gasteiger partial charge in [0.1, 0.15) is 17.7 Å². The maximum Gasteiger partial charge on any atom is 0.267 e. The Morgan fingerprint density at radius 3 is 2.83 bits per heavy atom. The highest BCUT2D eigenvalue weighted by Gasteiger charge is 2.31. The molecule has 2 atom stereocenters. The average molecular weight is 325 g/mol. The highest BCUT2D eigenvalue weighted by Crippen LogP contribution is 2.32. The molecule has 1 aliphatic heterocycles. The van der Waals surface area contributed by atoms with Crippen molar-refractivity contribution in [1.29, 1.82) is 5.26 Å². The van der Waals surface area contributed by atoms with Crippen LogP contribution in [0.5, 0.6) is 0 Å². The lowest BCUT2D eigenvalue weighted by Crippen LogP contribution is -2.38. The fourth-order valence-electron chi connectivity index (χ4n) is 2.88. The standard InChI is InChI=1S/C17H19N5O2/c1-11-13(10-18)16(22(2)21-11)19-20-17(23)15-9-8-14(24-15)12-6-4-3-5-7-12/h3-7,14-15,19H,8-9H2,1-2H3,(H,20,23)/t14-,15+/m0/s1. The van der Waals surface area contributed by atoms with Crippen molar-refractivity contribution in [2.45, 2.75) is 32.0 Å². The van der Waals surface area contributed by atoms with Crippen molar-refractivity contribution in [2.24, 2.45) is 7.05 Å². The first-order valence-corrected chi connectivity index (χ1v) is 7.80. The molecular weight excluding hydrogens is 306 g/mol. The van der Waals surface area contributed by atoms with Gasteiger partial charge in [0, 0.05) is 7.05 Å². The number of ether oxygens (including phenoxy) is 1. The molecule has 3 rings (SSSR count). The zero-order valence-corrected chi connectivity index (χ0v) is 13.6. The van der Waals surface area contributed by atoms with E-state index < -0.39 is 6.10 Å². The molecule has 0 aliphatic carbocycles. The molecule has 1 amide bonds. The summed E-state index contributed by atoms with van der Waals surface area (Å²) in [4.78, 5) is 12.3. The van der Waals surface area contributed by atoms with Crippen LogP contribution in [0.25, 0.3) is 0 Å². The third-order valence-electron chi connectivity index (χ3n) is 4.12. The van der Waals surface area contributed by atoms with Crippen LogP contribution in [0, 0.1) is 18.3 Å². The van der Waals surface area contributed by atoms with Crippen LogP contribution in [-0.2, 0) is 16.6 Å². The van der Waals surface area contributed by atoms with Gasteiger partial charge in [0.15, 0.2) is 5.82 Å². The Kier molecular flexibility index (Phi) is 4.49. The third kappa shape index (κ3) is 3.09. The van der Waals surface area contributed by atoms with Gasteiger partial charge in [0.05, 0.1) is 11.8 Å². The summed E-state index contributed by atoms with van der Waals surface area (Å²) in [5.74, 6) is 0.206. The lowest BCUT2D eigenvalue weighted by atomic mass is 10.1. The lowest BCUT2D eigenvalue weighted by molar-refractivity contribution is -0.131. The largest absolute Gasteiger partial charge is 0.360 e. The second-order valence-electron chi connectivity index (χ2n) is 5.76. The monoisotopic (exact) mass is 325 g/mol. The first-order valence-electron chi connectivity index (χ1n) is 7.80. The Balaban J connectivity index is 1.60. The van der Waals surface area contributed by atoms with Gasteiger partial charge in [-0.3, -0.25) is 20.3 Å². The molecule has 0 spiro atoms. The quantitative estimate of drug-likeness (QED) is 0.839. The number of amides is 1. The number of anilines is 1. The maximum absolute atomic E-state index is 12.3. The lowest BCUT2D eigenvalue weighted by Gasteiger charge is -2.15. The molecule has 7 heteroatoms. The van der Waals surface area contributed by atoms with Gasteiger partial charge in [-0.1, -0.05) is 30.3 Å². The molecule has 2 aromatic rings. The third-order valence-corrected chi connectivity index (χ3v) is 4.12. The Labute approximate surface area is 140 Å². The highest BCUT2D eigenvalue weighted by atomic mass is 16.5. The number of aryl methyl sites for hydroxylation is 2. The molecule has 1 aromatic heterocycles. The van der Waals surface area contributed by atoms with Crippen molar-refractivity contribution >= 4 is 11.7 Å². The summed E-state index contributed by atoms with van der Waals surface area (Å²) in [7, 11) is 1.71. The fraction of sp³-hybridized carbons (Fsp3) is 0.353. The van der Waals surface area contributed by atoms with Crippen LogP contribution in [0.2, 0.25) is 0 Å². The van der Waals surface area contributed by atoms with Gasteiger partial charge in [-0.05, 0) is 25.3 Å². The number of hydrogen-bond donors (Lipinski definition) is 2. The number of hydrogen-bond acceptors (Lipinski definition) is 5. The van der Waals surface area contributed by atoms with Crippen LogP contribution in [0.15, 0.2) is 30.3 Å². The first kappa shape index (κ1) is 16.0. The maximum atomic E-state index is 12.3. The summed E-state index contributed by atoms with van der Waals surface area (Å²) in [6.07, 6.45) is 0.886. The SMILES string of the molecule is Cc1nn(C)c(NNC(=O)[C@H]2CC[C@@H](c3ccccc3)O2)c1C#N. The molecule has 2 heterocycles. The van der Waals surface area contributed by atoms with E-state index in [2.05, 4.69) is 22.0 Å². The summed E-state index contributed by atoms with van der Waals surface area (Å²) < 4.78 is 7.37. The second-order valence-corrected chi connectivity index (χ2v) is 5.76. The molecule has 0 radical (unpaired) electrons. The van der Waals surface area contributed by atoms with E-state index >= 15 is 0 Å². The van der Waals surface area contributed by atoms with Crippen LogP contribution >= 0.6 is 0 Å². The molecule has 7 nitrogen and oxygen atoms in total. The van der Waals surface area contributed by atoms with E-state index in [1.165, 1.54) is 4.68 Å². The van der Waals surface area contributed by atoms with Gasteiger partial charge in [-0.25, -0.2) is 0 Å². The Hall–Kier alpha value is -2.85. The number of carbonyl (C=O) groups is 1. The van der Waals surface area contributed by atoms with Crippen molar-refractivity contribution < 1.29 is 9.53 Å². The molecule has 24 heavy (non-hydrogen) atoms. The van der Waals surface area contributed by atoms with Crippen molar-refractivity contribution in [1.82, 2.24) is 15.2 Å².